The number of thiazole rings is 1. The van der Waals surface area contributed by atoms with Gasteiger partial charge in [0.15, 0.2) is 0 Å². The summed E-state index contributed by atoms with van der Waals surface area (Å²) in [6.45, 7) is 6.74. The molecule has 39 heavy (non-hydrogen) atoms. The Balaban J connectivity index is 1.38. The lowest BCUT2D eigenvalue weighted by atomic mass is 10.00. The van der Waals surface area contributed by atoms with Crippen LogP contribution in [0.3, 0.4) is 0 Å². The van der Waals surface area contributed by atoms with Gasteiger partial charge in [-0.15, -0.1) is 11.3 Å². The van der Waals surface area contributed by atoms with Crippen LogP contribution in [0.1, 0.15) is 49.8 Å². The molecule has 9 heteroatoms. The van der Waals surface area contributed by atoms with E-state index in [1.807, 2.05) is 42.6 Å². The van der Waals surface area contributed by atoms with Crippen LogP contribution in [0.5, 0.6) is 0 Å². The second-order valence-corrected chi connectivity index (χ2v) is 11.2. The van der Waals surface area contributed by atoms with Crippen molar-refractivity contribution in [3.8, 4) is 0 Å². The highest BCUT2D eigenvalue weighted by Gasteiger charge is 2.23. The van der Waals surface area contributed by atoms with E-state index < -0.39 is 12.1 Å². The molecule has 0 radical (unpaired) electrons. The number of carbonyl (C=O) groups excluding carboxylic acids is 2. The van der Waals surface area contributed by atoms with Crippen LogP contribution in [-0.4, -0.2) is 83.6 Å². The number of likely N-dealkylation sites (tertiary alicyclic amines) is 1. The van der Waals surface area contributed by atoms with Gasteiger partial charge in [-0.1, -0.05) is 36.4 Å². The van der Waals surface area contributed by atoms with Crippen LogP contribution in [0.2, 0.25) is 0 Å². The first-order valence-corrected chi connectivity index (χ1v) is 14.5. The summed E-state index contributed by atoms with van der Waals surface area (Å²) in [6.07, 6.45) is 2.23. The van der Waals surface area contributed by atoms with Crippen LogP contribution < -0.4 is 10.6 Å². The second kappa shape index (κ2) is 14.3. The van der Waals surface area contributed by atoms with Crippen LogP contribution in [0.15, 0.2) is 60.0 Å². The summed E-state index contributed by atoms with van der Waals surface area (Å²) in [5.74, 6) is -0.500. The smallest absolute Gasteiger partial charge is 0.253 e. The first kappa shape index (κ1) is 28.9. The normalized spacial score (nSPS) is 15.2. The number of rotatable bonds is 13. The van der Waals surface area contributed by atoms with Crippen molar-refractivity contribution in [3.63, 3.8) is 0 Å². The lowest BCUT2D eigenvalue weighted by Crippen LogP contribution is -2.49. The van der Waals surface area contributed by atoms with Crippen LogP contribution >= 0.6 is 11.3 Å². The Kier molecular flexibility index (Phi) is 10.6. The molecule has 1 aliphatic heterocycles. The van der Waals surface area contributed by atoms with E-state index in [4.69, 9.17) is 0 Å². The van der Waals surface area contributed by atoms with E-state index in [-0.39, 0.29) is 11.8 Å². The quantitative estimate of drug-likeness (QED) is 0.284. The predicted octanol–water partition coefficient (Wildman–Crippen LogP) is 3.11. The minimum Gasteiger partial charge on any atom is -0.390 e. The molecule has 208 valence electrons. The fourth-order valence-corrected chi connectivity index (χ4v) is 5.63. The molecule has 2 amide bonds. The van der Waals surface area contributed by atoms with Crippen molar-refractivity contribution < 1.29 is 14.7 Å². The number of aliphatic hydroxyl groups excluding tert-OH is 1. The fourth-order valence-electron chi connectivity index (χ4n) is 4.80. The summed E-state index contributed by atoms with van der Waals surface area (Å²) < 4.78 is 0. The third-order valence-corrected chi connectivity index (χ3v) is 7.95. The van der Waals surface area contributed by atoms with Crippen molar-refractivity contribution in [1.82, 2.24) is 25.4 Å². The molecule has 0 spiro atoms. The number of aryl methyl sites for hydroxylation is 1. The van der Waals surface area contributed by atoms with Crippen molar-refractivity contribution in [2.45, 2.75) is 44.9 Å². The number of benzene rings is 2. The molecule has 1 aliphatic rings. The van der Waals surface area contributed by atoms with Crippen molar-refractivity contribution in [2.75, 3.05) is 39.8 Å². The van der Waals surface area contributed by atoms with Gasteiger partial charge >= 0.3 is 0 Å². The molecule has 3 N–H and O–H groups in total. The maximum Gasteiger partial charge on any atom is 0.253 e. The maximum absolute atomic E-state index is 13.3. The largest absolute Gasteiger partial charge is 0.390 e. The van der Waals surface area contributed by atoms with Crippen molar-refractivity contribution in [3.05, 3.63) is 87.4 Å². The van der Waals surface area contributed by atoms with Crippen molar-refractivity contribution >= 4 is 23.2 Å². The third-order valence-electron chi connectivity index (χ3n) is 6.99. The van der Waals surface area contributed by atoms with E-state index in [2.05, 4.69) is 20.5 Å². The maximum atomic E-state index is 13.3. The molecular weight excluding hydrogens is 510 g/mol. The summed E-state index contributed by atoms with van der Waals surface area (Å²) in [7, 11) is 1.73. The average Bonchev–Trinajstić information content (AvgIpc) is 3.62. The Morgan fingerprint density at radius 2 is 1.85 bits per heavy atom. The standard InChI is InChI=1S/C30H39N5O3S/c1-22-21-39-28(32-22)20-34(2)30(38)25-12-8-11-24(18-25)29(37)33-26(17-23-9-4-3-5-10-23)27(36)19-31-13-16-35-14-6-7-15-35/h3-5,8-12,18,21,26-27,31,36H,6-7,13-17,19-20H2,1-2H3,(H,33,37)/t26-,27+/m0/s1. The Labute approximate surface area is 235 Å². The lowest BCUT2D eigenvalue weighted by Gasteiger charge is -2.25. The van der Waals surface area contributed by atoms with E-state index >= 15 is 0 Å². The Hall–Kier alpha value is -3.11. The molecule has 2 atom stereocenters. The van der Waals surface area contributed by atoms with Gasteiger partial charge in [0.25, 0.3) is 11.8 Å². The van der Waals surface area contributed by atoms with E-state index in [0.717, 1.165) is 42.4 Å². The van der Waals surface area contributed by atoms with Crippen molar-refractivity contribution in [2.24, 2.45) is 0 Å². The van der Waals surface area contributed by atoms with Gasteiger partial charge in [0.1, 0.15) is 5.01 Å². The summed E-state index contributed by atoms with van der Waals surface area (Å²) in [5, 5.41) is 20.3. The van der Waals surface area contributed by atoms with Gasteiger partial charge in [0, 0.05) is 48.9 Å². The molecule has 1 fully saturated rings. The number of carbonyl (C=O) groups is 2. The average molecular weight is 550 g/mol. The van der Waals surface area contributed by atoms with E-state index in [0.29, 0.717) is 30.6 Å². The van der Waals surface area contributed by atoms with Crippen LogP contribution in [0, 0.1) is 6.92 Å². The number of hydrogen-bond acceptors (Lipinski definition) is 7. The highest BCUT2D eigenvalue weighted by Crippen LogP contribution is 2.15. The fraction of sp³-hybridized carbons (Fsp3) is 0.433. The predicted molar refractivity (Wildman–Crippen MR) is 155 cm³/mol. The molecule has 2 aromatic carbocycles. The molecule has 0 saturated carbocycles. The van der Waals surface area contributed by atoms with Gasteiger partial charge in [-0.25, -0.2) is 4.98 Å². The molecule has 8 nitrogen and oxygen atoms in total. The number of aliphatic hydroxyl groups is 1. The van der Waals surface area contributed by atoms with Crippen LogP contribution in [0.25, 0.3) is 0 Å². The van der Waals surface area contributed by atoms with Gasteiger partial charge in [-0.2, -0.15) is 0 Å². The van der Waals surface area contributed by atoms with Crippen LogP contribution in [0.4, 0.5) is 0 Å². The lowest BCUT2D eigenvalue weighted by molar-refractivity contribution is 0.0784. The number of nitrogens with one attached hydrogen (secondary N) is 2. The Bertz CT molecular complexity index is 1210. The zero-order chi connectivity index (χ0) is 27.6. The van der Waals surface area contributed by atoms with Gasteiger partial charge in [0.2, 0.25) is 0 Å². The first-order valence-electron chi connectivity index (χ1n) is 13.6. The zero-order valence-corrected chi connectivity index (χ0v) is 23.6. The highest BCUT2D eigenvalue weighted by atomic mass is 32.1. The van der Waals surface area contributed by atoms with E-state index in [9.17, 15) is 14.7 Å². The molecule has 2 heterocycles. The molecular formula is C30H39N5O3S. The number of nitrogens with zero attached hydrogens (tertiary/aromatic N) is 3. The van der Waals surface area contributed by atoms with E-state index in [1.54, 1.807) is 36.2 Å². The molecule has 1 saturated heterocycles. The van der Waals surface area contributed by atoms with Crippen molar-refractivity contribution in [1.29, 1.82) is 0 Å². The third kappa shape index (κ3) is 8.69. The second-order valence-electron chi connectivity index (χ2n) is 10.2. The minimum atomic E-state index is -0.773. The van der Waals surface area contributed by atoms with Gasteiger partial charge in [-0.05, 0) is 63.0 Å². The summed E-state index contributed by atoms with van der Waals surface area (Å²) in [4.78, 5) is 34.8. The SMILES string of the molecule is Cc1csc(CN(C)C(=O)c2cccc(C(=O)N[C@@H](Cc3ccccc3)[C@H](O)CNCCN3CCCC3)c2)n1. The topological polar surface area (TPSA) is 97.8 Å². The molecule has 3 aromatic rings. The first-order chi connectivity index (χ1) is 18.9. The van der Waals surface area contributed by atoms with E-state index in [1.165, 1.54) is 24.2 Å². The number of aromatic nitrogens is 1. The molecule has 1 aromatic heterocycles. The summed E-state index contributed by atoms with van der Waals surface area (Å²) >= 11 is 1.52. The highest BCUT2D eigenvalue weighted by molar-refractivity contribution is 7.09. The van der Waals surface area contributed by atoms with Crippen LogP contribution in [-0.2, 0) is 13.0 Å². The Morgan fingerprint density at radius 1 is 1.10 bits per heavy atom. The molecule has 0 bridgehead atoms. The monoisotopic (exact) mass is 549 g/mol. The zero-order valence-electron chi connectivity index (χ0n) is 22.8. The molecule has 4 rings (SSSR count). The van der Waals surface area contributed by atoms with Gasteiger partial charge in [-0.3, -0.25) is 9.59 Å². The Morgan fingerprint density at radius 3 is 2.56 bits per heavy atom. The number of amides is 2. The van der Waals surface area contributed by atoms with Gasteiger partial charge < -0.3 is 25.5 Å². The molecule has 0 unspecified atom stereocenters. The van der Waals surface area contributed by atoms with Gasteiger partial charge in [0.05, 0.1) is 18.7 Å². The summed E-state index contributed by atoms with van der Waals surface area (Å²) in [6, 6.07) is 16.1. The minimum absolute atomic E-state index is 0.180. The number of hydrogen-bond donors (Lipinski definition) is 3. The summed E-state index contributed by atoms with van der Waals surface area (Å²) in [5.41, 5.74) is 2.78. The molecule has 0 aliphatic carbocycles.